The number of ether oxygens (including phenoxy) is 1. The number of halogens is 1. The fraction of sp³-hybridized carbons (Fsp3) is 0.222. The summed E-state index contributed by atoms with van der Waals surface area (Å²) in [5.41, 5.74) is 2.35. The number of hydrogen-bond acceptors (Lipinski definition) is 4. The summed E-state index contributed by atoms with van der Waals surface area (Å²) in [6.07, 6.45) is 0.678. The summed E-state index contributed by atoms with van der Waals surface area (Å²) in [6, 6.07) is 25.1. The van der Waals surface area contributed by atoms with Crippen LogP contribution in [0.15, 0.2) is 84.9 Å². The van der Waals surface area contributed by atoms with Crippen molar-refractivity contribution in [3.05, 3.63) is 107 Å². The number of carbonyl (C=O) groups excluding carboxylic acids is 3. The van der Waals surface area contributed by atoms with Gasteiger partial charge in [0.2, 0.25) is 0 Å². The molecule has 0 spiro atoms. The first-order valence-electron chi connectivity index (χ1n) is 11.0. The van der Waals surface area contributed by atoms with E-state index in [1.807, 2.05) is 60.7 Å². The number of carbonyl (C=O) groups is 3. The van der Waals surface area contributed by atoms with Crippen LogP contribution in [0.5, 0.6) is 0 Å². The minimum absolute atomic E-state index is 0.259. The Bertz CT molecular complexity index is 1110. The van der Waals surface area contributed by atoms with Gasteiger partial charge in [0, 0.05) is 13.1 Å². The molecule has 0 aliphatic carbocycles. The molecule has 7 heteroatoms. The van der Waals surface area contributed by atoms with E-state index >= 15 is 0 Å². The molecule has 1 atom stereocenters. The van der Waals surface area contributed by atoms with Crippen molar-refractivity contribution in [1.82, 2.24) is 10.2 Å². The van der Waals surface area contributed by atoms with Crippen molar-refractivity contribution in [3.8, 4) is 0 Å². The third-order valence-corrected chi connectivity index (χ3v) is 5.57. The van der Waals surface area contributed by atoms with E-state index in [9.17, 15) is 14.4 Å². The molecular formula is C27H27ClN2O4. The maximum Gasteiger partial charge on any atom is 0.328 e. The van der Waals surface area contributed by atoms with Gasteiger partial charge in [0.25, 0.3) is 11.8 Å². The second-order valence-corrected chi connectivity index (χ2v) is 8.23. The summed E-state index contributed by atoms with van der Waals surface area (Å²) >= 11 is 6.03. The normalized spacial score (nSPS) is 11.4. The molecule has 0 saturated carbocycles. The fourth-order valence-corrected chi connectivity index (χ4v) is 3.55. The third-order valence-electron chi connectivity index (χ3n) is 5.24. The largest absolute Gasteiger partial charge is 0.454 e. The molecule has 0 aliphatic rings. The molecule has 0 unspecified atom stereocenters. The molecular weight excluding hydrogens is 452 g/mol. The first-order chi connectivity index (χ1) is 16.4. The van der Waals surface area contributed by atoms with Gasteiger partial charge in [-0.1, -0.05) is 84.4 Å². The lowest BCUT2D eigenvalue weighted by Gasteiger charge is -2.23. The van der Waals surface area contributed by atoms with E-state index < -0.39 is 24.5 Å². The highest BCUT2D eigenvalue weighted by Crippen LogP contribution is 2.15. The van der Waals surface area contributed by atoms with Crippen LogP contribution in [-0.2, 0) is 27.3 Å². The van der Waals surface area contributed by atoms with Crippen molar-refractivity contribution in [2.45, 2.75) is 25.9 Å². The van der Waals surface area contributed by atoms with Gasteiger partial charge in [-0.15, -0.1) is 0 Å². The van der Waals surface area contributed by atoms with Crippen LogP contribution in [0.25, 0.3) is 0 Å². The zero-order chi connectivity index (χ0) is 24.3. The molecule has 3 aromatic carbocycles. The van der Waals surface area contributed by atoms with E-state index in [2.05, 4.69) is 5.32 Å². The Balaban J connectivity index is 1.57. The first kappa shape index (κ1) is 25.0. The quantitative estimate of drug-likeness (QED) is 0.441. The molecule has 3 rings (SSSR count). The van der Waals surface area contributed by atoms with Gasteiger partial charge in [-0.2, -0.15) is 0 Å². The molecule has 0 bridgehead atoms. The van der Waals surface area contributed by atoms with Crippen LogP contribution in [0.3, 0.4) is 0 Å². The molecule has 176 valence electrons. The number of nitrogens with one attached hydrogen (secondary N) is 1. The Hall–Kier alpha value is -3.64. The summed E-state index contributed by atoms with van der Waals surface area (Å²) in [4.78, 5) is 39.4. The smallest absolute Gasteiger partial charge is 0.328 e. The second kappa shape index (κ2) is 12.6. The molecule has 0 fully saturated rings. The molecule has 34 heavy (non-hydrogen) atoms. The van der Waals surface area contributed by atoms with E-state index in [0.717, 1.165) is 11.1 Å². The van der Waals surface area contributed by atoms with Crippen molar-refractivity contribution in [3.63, 3.8) is 0 Å². The molecule has 0 heterocycles. The fourth-order valence-electron chi connectivity index (χ4n) is 3.33. The molecule has 0 aliphatic heterocycles. The van der Waals surface area contributed by atoms with Crippen LogP contribution in [0.4, 0.5) is 0 Å². The molecule has 6 nitrogen and oxygen atoms in total. The topological polar surface area (TPSA) is 75.7 Å². The van der Waals surface area contributed by atoms with Crippen molar-refractivity contribution in [2.75, 3.05) is 13.2 Å². The lowest BCUT2D eigenvalue weighted by atomic mass is 10.1. The minimum atomic E-state index is -0.941. The van der Waals surface area contributed by atoms with E-state index in [0.29, 0.717) is 19.5 Å². The standard InChI is InChI=1S/C27H27ClN2O4/c1-20(29-26(32)23-14-8-9-15-24(23)28)27(33)34-19-25(31)30(18-22-12-6-3-7-13-22)17-16-21-10-4-2-5-11-21/h2-15,20H,16-19H2,1H3,(H,29,32)/t20-/m0/s1. The van der Waals surface area contributed by atoms with Crippen LogP contribution in [0.1, 0.15) is 28.4 Å². The van der Waals surface area contributed by atoms with Crippen molar-refractivity contribution >= 4 is 29.4 Å². The molecule has 0 saturated heterocycles. The molecule has 2 amide bonds. The van der Waals surface area contributed by atoms with Crippen LogP contribution in [0, 0.1) is 0 Å². The molecule has 0 aromatic heterocycles. The van der Waals surface area contributed by atoms with Gasteiger partial charge in [-0.3, -0.25) is 9.59 Å². The average molecular weight is 479 g/mol. The summed E-state index contributed by atoms with van der Waals surface area (Å²) in [5.74, 6) is -1.50. The Morgan fingerprint density at radius 1 is 0.882 bits per heavy atom. The number of benzene rings is 3. The first-order valence-corrected chi connectivity index (χ1v) is 11.4. The van der Waals surface area contributed by atoms with E-state index in [1.54, 1.807) is 29.2 Å². The summed E-state index contributed by atoms with van der Waals surface area (Å²) in [5, 5.41) is 2.84. The SMILES string of the molecule is C[C@H](NC(=O)c1ccccc1Cl)C(=O)OCC(=O)N(CCc1ccccc1)Cc1ccccc1. The molecule has 1 N–H and O–H groups in total. The maximum absolute atomic E-state index is 12.9. The third kappa shape index (κ3) is 7.46. The monoisotopic (exact) mass is 478 g/mol. The Morgan fingerprint density at radius 3 is 2.12 bits per heavy atom. The van der Waals surface area contributed by atoms with Gasteiger partial charge in [0.15, 0.2) is 6.61 Å². The van der Waals surface area contributed by atoms with Crippen LogP contribution >= 0.6 is 11.6 Å². The Kier molecular flexibility index (Phi) is 9.23. The van der Waals surface area contributed by atoms with Crippen molar-refractivity contribution in [2.24, 2.45) is 0 Å². The number of hydrogen-bond donors (Lipinski definition) is 1. The van der Waals surface area contributed by atoms with E-state index in [4.69, 9.17) is 16.3 Å². The number of rotatable bonds is 10. The highest BCUT2D eigenvalue weighted by atomic mass is 35.5. The summed E-state index contributed by atoms with van der Waals surface area (Å²) in [6.45, 7) is 1.97. The van der Waals surface area contributed by atoms with Crippen LogP contribution < -0.4 is 5.32 Å². The highest BCUT2D eigenvalue weighted by Gasteiger charge is 2.22. The lowest BCUT2D eigenvalue weighted by molar-refractivity contribution is -0.153. The second-order valence-electron chi connectivity index (χ2n) is 7.82. The lowest BCUT2D eigenvalue weighted by Crippen LogP contribution is -2.42. The maximum atomic E-state index is 12.9. The van der Waals surface area contributed by atoms with Gasteiger partial charge in [0.05, 0.1) is 10.6 Å². The predicted octanol–water partition coefficient (Wildman–Crippen LogP) is 4.27. The number of nitrogens with zero attached hydrogens (tertiary/aromatic N) is 1. The van der Waals surface area contributed by atoms with Gasteiger partial charge >= 0.3 is 5.97 Å². The van der Waals surface area contributed by atoms with Crippen LogP contribution in [0.2, 0.25) is 5.02 Å². The Morgan fingerprint density at radius 2 is 1.47 bits per heavy atom. The zero-order valence-electron chi connectivity index (χ0n) is 18.9. The molecule has 0 radical (unpaired) electrons. The van der Waals surface area contributed by atoms with Crippen molar-refractivity contribution in [1.29, 1.82) is 0 Å². The number of esters is 1. The highest BCUT2D eigenvalue weighted by molar-refractivity contribution is 6.33. The van der Waals surface area contributed by atoms with Gasteiger partial charge in [0.1, 0.15) is 6.04 Å². The minimum Gasteiger partial charge on any atom is -0.454 e. The average Bonchev–Trinajstić information content (AvgIpc) is 2.86. The molecule has 3 aromatic rings. The van der Waals surface area contributed by atoms with Gasteiger partial charge < -0.3 is 15.0 Å². The van der Waals surface area contributed by atoms with Crippen LogP contribution in [-0.4, -0.2) is 41.9 Å². The number of amides is 2. The summed E-state index contributed by atoms with van der Waals surface area (Å²) < 4.78 is 5.23. The predicted molar refractivity (Wildman–Crippen MR) is 131 cm³/mol. The Labute approximate surface area is 204 Å². The van der Waals surface area contributed by atoms with Gasteiger partial charge in [-0.25, -0.2) is 4.79 Å². The van der Waals surface area contributed by atoms with E-state index in [-0.39, 0.29) is 16.5 Å². The summed E-state index contributed by atoms with van der Waals surface area (Å²) in [7, 11) is 0. The van der Waals surface area contributed by atoms with E-state index in [1.165, 1.54) is 6.92 Å². The zero-order valence-corrected chi connectivity index (χ0v) is 19.7. The van der Waals surface area contributed by atoms with Crippen molar-refractivity contribution < 1.29 is 19.1 Å². The van der Waals surface area contributed by atoms with Gasteiger partial charge in [-0.05, 0) is 36.6 Å².